The summed E-state index contributed by atoms with van der Waals surface area (Å²) in [5, 5.41) is 15.3. The van der Waals surface area contributed by atoms with Gasteiger partial charge in [-0.25, -0.2) is 0 Å². The van der Waals surface area contributed by atoms with Crippen LogP contribution in [0.25, 0.3) is 0 Å². The maximum absolute atomic E-state index is 12.5. The van der Waals surface area contributed by atoms with E-state index in [2.05, 4.69) is 15.5 Å². The van der Waals surface area contributed by atoms with Crippen molar-refractivity contribution in [3.05, 3.63) is 0 Å². The molecule has 1 amide bonds. The van der Waals surface area contributed by atoms with Crippen LogP contribution in [0.4, 0.5) is 0 Å². The van der Waals surface area contributed by atoms with Crippen LogP contribution in [0.3, 0.4) is 0 Å². The van der Waals surface area contributed by atoms with Crippen molar-refractivity contribution in [2.45, 2.75) is 57.7 Å². The fourth-order valence-electron chi connectivity index (χ4n) is 3.31. The van der Waals surface area contributed by atoms with Crippen molar-refractivity contribution < 1.29 is 14.7 Å². The Bertz CT molecular complexity index is 382. The van der Waals surface area contributed by atoms with Crippen LogP contribution in [0.15, 0.2) is 0 Å². The minimum Gasteiger partial charge on any atom is -0.481 e. The number of likely N-dealkylation sites (tertiary alicyclic amines) is 1. The van der Waals surface area contributed by atoms with E-state index in [-0.39, 0.29) is 18.0 Å². The van der Waals surface area contributed by atoms with Crippen molar-refractivity contribution >= 4 is 11.9 Å². The first kappa shape index (κ1) is 16.2. The highest BCUT2D eigenvalue weighted by atomic mass is 16.4. The maximum Gasteiger partial charge on any atom is 0.308 e. The molecule has 0 aromatic carbocycles. The summed E-state index contributed by atoms with van der Waals surface area (Å²) < 4.78 is 0. The van der Waals surface area contributed by atoms with Gasteiger partial charge in [0.25, 0.3) is 0 Å². The SMILES string of the molecule is CC(NC(=O)C1CCCN1C1CCNCC1)C(C)C(=O)O. The summed E-state index contributed by atoms with van der Waals surface area (Å²) in [6.45, 7) is 6.41. The second-order valence-electron chi connectivity index (χ2n) is 6.30. The minimum absolute atomic E-state index is 0.00775. The first-order chi connectivity index (χ1) is 10.0. The molecule has 2 aliphatic heterocycles. The number of aliphatic carboxylic acids is 1. The van der Waals surface area contributed by atoms with Gasteiger partial charge in [-0.15, -0.1) is 0 Å². The number of piperidine rings is 1. The number of carbonyl (C=O) groups is 2. The highest BCUT2D eigenvalue weighted by molar-refractivity contribution is 5.83. The quantitative estimate of drug-likeness (QED) is 0.685. The predicted molar refractivity (Wildman–Crippen MR) is 80.0 cm³/mol. The second kappa shape index (κ2) is 7.22. The van der Waals surface area contributed by atoms with Crippen LogP contribution in [0.5, 0.6) is 0 Å². The largest absolute Gasteiger partial charge is 0.481 e. The predicted octanol–water partition coefficient (Wildman–Crippen LogP) is 0.428. The molecule has 2 heterocycles. The number of carbonyl (C=O) groups excluding carboxylic acids is 1. The van der Waals surface area contributed by atoms with Gasteiger partial charge in [0.15, 0.2) is 0 Å². The Hall–Kier alpha value is -1.14. The first-order valence-electron chi connectivity index (χ1n) is 8.00. The zero-order valence-corrected chi connectivity index (χ0v) is 13.0. The lowest BCUT2D eigenvalue weighted by molar-refractivity contribution is -0.142. The number of hydrogen-bond acceptors (Lipinski definition) is 4. The molecule has 0 aromatic rings. The highest BCUT2D eigenvalue weighted by Crippen LogP contribution is 2.24. The monoisotopic (exact) mass is 297 g/mol. The number of amides is 1. The third kappa shape index (κ3) is 3.95. The molecule has 120 valence electrons. The molecule has 0 aliphatic carbocycles. The van der Waals surface area contributed by atoms with Crippen LogP contribution in [-0.2, 0) is 9.59 Å². The molecule has 2 aliphatic rings. The minimum atomic E-state index is -0.871. The molecule has 3 unspecified atom stereocenters. The normalized spacial score (nSPS) is 27.2. The Kier molecular flexibility index (Phi) is 5.58. The van der Waals surface area contributed by atoms with E-state index in [9.17, 15) is 9.59 Å². The third-order valence-electron chi connectivity index (χ3n) is 4.88. The average molecular weight is 297 g/mol. The summed E-state index contributed by atoms with van der Waals surface area (Å²) in [6, 6.07) is 0.0544. The molecule has 2 saturated heterocycles. The lowest BCUT2D eigenvalue weighted by atomic mass is 10.0. The van der Waals surface area contributed by atoms with E-state index in [1.165, 1.54) is 0 Å². The number of rotatable bonds is 5. The van der Waals surface area contributed by atoms with Crippen molar-refractivity contribution in [2.75, 3.05) is 19.6 Å². The lowest BCUT2D eigenvalue weighted by Crippen LogP contribution is -2.53. The van der Waals surface area contributed by atoms with Gasteiger partial charge >= 0.3 is 5.97 Å². The number of nitrogens with one attached hydrogen (secondary N) is 2. The topological polar surface area (TPSA) is 81.7 Å². The maximum atomic E-state index is 12.5. The van der Waals surface area contributed by atoms with Crippen LogP contribution < -0.4 is 10.6 Å². The lowest BCUT2D eigenvalue weighted by Gasteiger charge is -2.35. The van der Waals surface area contributed by atoms with Gasteiger partial charge in [0.05, 0.1) is 12.0 Å². The molecule has 21 heavy (non-hydrogen) atoms. The molecule has 0 aromatic heterocycles. The van der Waals surface area contributed by atoms with Crippen molar-refractivity contribution in [1.29, 1.82) is 0 Å². The molecule has 6 nitrogen and oxygen atoms in total. The van der Waals surface area contributed by atoms with Gasteiger partial charge in [-0.05, 0) is 59.2 Å². The van der Waals surface area contributed by atoms with E-state index in [1.807, 2.05) is 0 Å². The fraction of sp³-hybridized carbons (Fsp3) is 0.867. The number of nitrogens with zero attached hydrogens (tertiary/aromatic N) is 1. The fourth-order valence-corrected chi connectivity index (χ4v) is 3.31. The van der Waals surface area contributed by atoms with Gasteiger partial charge in [-0.1, -0.05) is 0 Å². The average Bonchev–Trinajstić information content (AvgIpc) is 2.96. The van der Waals surface area contributed by atoms with Gasteiger partial charge in [0, 0.05) is 12.1 Å². The molecular weight excluding hydrogens is 270 g/mol. The Morgan fingerprint density at radius 3 is 2.52 bits per heavy atom. The molecule has 2 fully saturated rings. The number of carboxylic acids is 1. The number of carboxylic acid groups (broad SMARTS) is 1. The summed E-state index contributed by atoms with van der Waals surface area (Å²) in [7, 11) is 0. The van der Waals surface area contributed by atoms with Crippen molar-refractivity contribution in [3.63, 3.8) is 0 Å². The molecular formula is C15H27N3O3. The molecule has 3 N–H and O–H groups in total. The van der Waals surface area contributed by atoms with Crippen LogP contribution in [-0.4, -0.2) is 59.6 Å². The Morgan fingerprint density at radius 1 is 1.24 bits per heavy atom. The molecule has 3 atom stereocenters. The van der Waals surface area contributed by atoms with Crippen LogP contribution in [0.1, 0.15) is 39.5 Å². The second-order valence-corrected chi connectivity index (χ2v) is 6.30. The highest BCUT2D eigenvalue weighted by Gasteiger charge is 2.36. The molecule has 0 spiro atoms. The Morgan fingerprint density at radius 2 is 1.90 bits per heavy atom. The zero-order chi connectivity index (χ0) is 15.4. The van der Waals surface area contributed by atoms with E-state index < -0.39 is 11.9 Å². The Labute approximate surface area is 126 Å². The van der Waals surface area contributed by atoms with E-state index in [4.69, 9.17) is 5.11 Å². The van der Waals surface area contributed by atoms with Crippen molar-refractivity contribution in [3.8, 4) is 0 Å². The van der Waals surface area contributed by atoms with Gasteiger partial charge in [-0.3, -0.25) is 14.5 Å². The van der Waals surface area contributed by atoms with Crippen LogP contribution >= 0.6 is 0 Å². The summed E-state index contributed by atoms with van der Waals surface area (Å²) in [4.78, 5) is 25.8. The first-order valence-corrected chi connectivity index (χ1v) is 8.00. The van der Waals surface area contributed by atoms with E-state index in [1.54, 1.807) is 13.8 Å². The van der Waals surface area contributed by atoms with Crippen molar-refractivity contribution in [1.82, 2.24) is 15.5 Å². The molecule has 6 heteroatoms. The summed E-state index contributed by atoms with van der Waals surface area (Å²) in [6.07, 6.45) is 4.10. The smallest absolute Gasteiger partial charge is 0.308 e. The summed E-state index contributed by atoms with van der Waals surface area (Å²) >= 11 is 0. The molecule has 0 saturated carbocycles. The van der Waals surface area contributed by atoms with E-state index >= 15 is 0 Å². The summed E-state index contributed by atoms with van der Waals surface area (Å²) in [5.74, 6) is -1.45. The van der Waals surface area contributed by atoms with Crippen LogP contribution in [0, 0.1) is 5.92 Å². The van der Waals surface area contributed by atoms with E-state index in [0.717, 1.165) is 45.3 Å². The Balaban J connectivity index is 1.92. The third-order valence-corrected chi connectivity index (χ3v) is 4.88. The van der Waals surface area contributed by atoms with E-state index in [0.29, 0.717) is 6.04 Å². The number of hydrogen-bond donors (Lipinski definition) is 3. The van der Waals surface area contributed by atoms with Gasteiger partial charge < -0.3 is 15.7 Å². The molecule has 0 bridgehead atoms. The van der Waals surface area contributed by atoms with Gasteiger partial charge in [0.1, 0.15) is 0 Å². The summed E-state index contributed by atoms with van der Waals surface area (Å²) in [5.41, 5.74) is 0. The molecule has 0 radical (unpaired) electrons. The van der Waals surface area contributed by atoms with Crippen molar-refractivity contribution in [2.24, 2.45) is 5.92 Å². The van der Waals surface area contributed by atoms with Gasteiger partial charge in [0.2, 0.25) is 5.91 Å². The zero-order valence-electron chi connectivity index (χ0n) is 13.0. The standard InChI is InChI=1S/C15H27N3O3/c1-10(15(20)21)11(2)17-14(19)13-4-3-9-18(13)12-5-7-16-8-6-12/h10-13,16H,3-9H2,1-2H3,(H,17,19)(H,20,21). The van der Waals surface area contributed by atoms with Gasteiger partial charge in [-0.2, -0.15) is 0 Å². The van der Waals surface area contributed by atoms with Crippen LogP contribution in [0.2, 0.25) is 0 Å². The molecule has 2 rings (SSSR count).